The molecule has 4 rings (SSSR count). The molecule has 0 radical (unpaired) electrons. The maximum atomic E-state index is 12.3. The minimum absolute atomic E-state index is 0.179. The van der Waals surface area contributed by atoms with E-state index in [2.05, 4.69) is 10.3 Å². The van der Waals surface area contributed by atoms with E-state index in [1.807, 2.05) is 84.9 Å². The van der Waals surface area contributed by atoms with Crippen LogP contribution >= 0.6 is 0 Å². The van der Waals surface area contributed by atoms with Crippen molar-refractivity contribution in [2.75, 3.05) is 11.4 Å². The molecule has 3 aromatic carbocycles. The Morgan fingerprint density at radius 3 is 2.47 bits per heavy atom. The van der Waals surface area contributed by atoms with E-state index in [1.54, 1.807) is 17.3 Å². The van der Waals surface area contributed by atoms with Gasteiger partial charge in [-0.2, -0.15) is 0 Å². The summed E-state index contributed by atoms with van der Waals surface area (Å²) in [5, 5.41) is 4.77. The van der Waals surface area contributed by atoms with Crippen LogP contribution in [0.2, 0.25) is 0 Å². The number of pyridine rings is 1. The van der Waals surface area contributed by atoms with Crippen LogP contribution in [0.1, 0.15) is 17.2 Å². The van der Waals surface area contributed by atoms with Gasteiger partial charge in [0.25, 0.3) is 0 Å². The van der Waals surface area contributed by atoms with Crippen LogP contribution in [0.3, 0.4) is 0 Å². The van der Waals surface area contributed by atoms with Crippen LogP contribution in [-0.2, 0) is 16.1 Å². The number of alkyl carbamates (subject to hydrolysis) is 1. The topological polar surface area (TPSA) is 71.5 Å². The standard InChI is InChI=1S/C26H23N3O3/c30-19-29(24-12-11-23-16-27-14-13-22(23)15-24)25(21-9-5-2-6-10-21)17-28-26(31)32-18-20-7-3-1-4-8-20/h1-16,19,25H,17-18H2,(H,28,31)/t25-/m1/s1. The minimum atomic E-state index is -0.537. The van der Waals surface area contributed by atoms with Gasteiger partial charge in [0.05, 0.1) is 6.04 Å². The van der Waals surface area contributed by atoms with Crippen molar-refractivity contribution in [1.29, 1.82) is 0 Å². The molecule has 0 aliphatic carbocycles. The molecule has 32 heavy (non-hydrogen) atoms. The highest BCUT2D eigenvalue weighted by Gasteiger charge is 2.22. The largest absolute Gasteiger partial charge is 0.445 e. The second-order valence-corrected chi connectivity index (χ2v) is 7.29. The molecule has 1 N–H and O–H groups in total. The van der Waals surface area contributed by atoms with Crippen molar-refractivity contribution in [3.05, 3.63) is 108 Å². The molecule has 6 nitrogen and oxygen atoms in total. The lowest BCUT2D eigenvalue weighted by Gasteiger charge is -2.29. The van der Waals surface area contributed by atoms with Gasteiger partial charge in [-0.25, -0.2) is 4.79 Å². The van der Waals surface area contributed by atoms with Gasteiger partial charge >= 0.3 is 6.09 Å². The molecule has 0 fully saturated rings. The zero-order valence-corrected chi connectivity index (χ0v) is 17.4. The quantitative estimate of drug-likeness (QED) is 0.409. The fraction of sp³-hybridized carbons (Fsp3) is 0.115. The van der Waals surface area contributed by atoms with E-state index in [4.69, 9.17) is 4.74 Å². The van der Waals surface area contributed by atoms with E-state index in [1.165, 1.54) is 0 Å². The molecule has 160 valence electrons. The molecular formula is C26H23N3O3. The van der Waals surface area contributed by atoms with Crippen LogP contribution in [0.15, 0.2) is 97.3 Å². The van der Waals surface area contributed by atoms with Crippen LogP contribution in [0.5, 0.6) is 0 Å². The number of nitrogens with zero attached hydrogens (tertiary/aromatic N) is 2. The van der Waals surface area contributed by atoms with E-state index >= 15 is 0 Å². The SMILES string of the molecule is O=CN(c1ccc2cnccc2c1)[C@H](CNC(=O)OCc1ccccc1)c1ccccc1. The maximum absolute atomic E-state index is 12.3. The Hall–Kier alpha value is -4.19. The highest BCUT2D eigenvalue weighted by Crippen LogP contribution is 2.28. The molecule has 0 saturated heterocycles. The van der Waals surface area contributed by atoms with Crippen molar-refractivity contribution in [2.45, 2.75) is 12.6 Å². The summed E-state index contributed by atoms with van der Waals surface area (Å²) >= 11 is 0. The fourth-order valence-corrected chi connectivity index (χ4v) is 3.55. The number of aromatic nitrogens is 1. The number of ether oxygens (including phenoxy) is 1. The molecule has 0 aliphatic heterocycles. The first kappa shape index (κ1) is 21.1. The van der Waals surface area contributed by atoms with Gasteiger partial charge in [0.15, 0.2) is 0 Å². The van der Waals surface area contributed by atoms with Crippen LogP contribution in [0, 0.1) is 0 Å². The predicted octanol–water partition coefficient (Wildman–Crippen LogP) is 4.87. The minimum Gasteiger partial charge on any atom is -0.445 e. The first-order chi connectivity index (χ1) is 15.7. The molecule has 0 saturated carbocycles. The lowest BCUT2D eigenvalue weighted by atomic mass is 10.0. The van der Waals surface area contributed by atoms with E-state index < -0.39 is 12.1 Å². The molecule has 1 aromatic heterocycles. The second kappa shape index (κ2) is 10.2. The summed E-state index contributed by atoms with van der Waals surface area (Å²) in [6.45, 7) is 0.379. The third-order valence-corrected chi connectivity index (χ3v) is 5.21. The Labute approximate surface area is 186 Å². The number of anilines is 1. The van der Waals surface area contributed by atoms with Gasteiger partial charge in [0, 0.05) is 30.0 Å². The molecule has 4 aromatic rings. The van der Waals surface area contributed by atoms with Gasteiger partial charge in [-0.3, -0.25) is 9.78 Å². The van der Waals surface area contributed by atoms with Gasteiger partial charge < -0.3 is 15.0 Å². The molecule has 0 bridgehead atoms. The van der Waals surface area contributed by atoms with Crippen LogP contribution < -0.4 is 10.2 Å². The van der Waals surface area contributed by atoms with Gasteiger partial charge in [-0.1, -0.05) is 66.7 Å². The third-order valence-electron chi connectivity index (χ3n) is 5.21. The van der Waals surface area contributed by atoms with E-state index in [0.717, 1.165) is 34.0 Å². The number of rotatable bonds is 8. The molecule has 6 heteroatoms. The van der Waals surface area contributed by atoms with Crippen LogP contribution in [0.25, 0.3) is 10.8 Å². The fourth-order valence-electron chi connectivity index (χ4n) is 3.55. The Balaban J connectivity index is 1.52. The molecule has 1 heterocycles. The first-order valence-electron chi connectivity index (χ1n) is 10.3. The smallest absolute Gasteiger partial charge is 0.407 e. The van der Waals surface area contributed by atoms with Crippen molar-refractivity contribution >= 4 is 29.0 Å². The maximum Gasteiger partial charge on any atom is 0.407 e. The number of carbonyl (C=O) groups excluding carboxylic acids is 2. The summed E-state index contributed by atoms with van der Waals surface area (Å²) in [6.07, 6.45) is 3.75. The van der Waals surface area contributed by atoms with Gasteiger partial charge in [0.1, 0.15) is 6.61 Å². The summed E-state index contributed by atoms with van der Waals surface area (Å²) in [5.74, 6) is 0. The van der Waals surface area contributed by atoms with Crippen LogP contribution in [-0.4, -0.2) is 24.0 Å². The van der Waals surface area contributed by atoms with Crippen molar-refractivity contribution in [1.82, 2.24) is 10.3 Å². The number of amides is 2. The Morgan fingerprint density at radius 1 is 0.969 bits per heavy atom. The van der Waals surface area contributed by atoms with Crippen molar-refractivity contribution in [3.63, 3.8) is 0 Å². The third kappa shape index (κ3) is 5.10. The Bertz CT molecular complexity index is 1180. The van der Waals surface area contributed by atoms with Crippen LogP contribution in [0.4, 0.5) is 10.5 Å². The zero-order chi connectivity index (χ0) is 22.2. The predicted molar refractivity (Wildman–Crippen MR) is 124 cm³/mol. The molecule has 1 atom stereocenters. The summed E-state index contributed by atoms with van der Waals surface area (Å²) in [4.78, 5) is 30.3. The lowest BCUT2D eigenvalue weighted by molar-refractivity contribution is -0.107. The van der Waals surface area contributed by atoms with E-state index in [9.17, 15) is 9.59 Å². The zero-order valence-electron chi connectivity index (χ0n) is 17.4. The van der Waals surface area contributed by atoms with Crippen molar-refractivity contribution in [2.24, 2.45) is 0 Å². The number of benzene rings is 3. The monoisotopic (exact) mass is 425 g/mol. The van der Waals surface area contributed by atoms with Gasteiger partial charge in [-0.15, -0.1) is 0 Å². The first-order valence-corrected chi connectivity index (χ1v) is 10.3. The highest BCUT2D eigenvalue weighted by molar-refractivity contribution is 5.88. The summed E-state index contributed by atoms with van der Waals surface area (Å²) < 4.78 is 5.33. The Kier molecular flexibility index (Phi) is 6.72. The summed E-state index contributed by atoms with van der Waals surface area (Å²) in [6, 6.07) is 26.3. The van der Waals surface area contributed by atoms with Crippen molar-refractivity contribution in [3.8, 4) is 0 Å². The molecule has 0 unspecified atom stereocenters. The Morgan fingerprint density at radius 2 is 1.72 bits per heavy atom. The average molecular weight is 425 g/mol. The van der Waals surface area contributed by atoms with Crippen molar-refractivity contribution < 1.29 is 14.3 Å². The molecular weight excluding hydrogens is 402 g/mol. The number of nitrogens with one attached hydrogen (secondary N) is 1. The average Bonchev–Trinajstić information content (AvgIpc) is 2.86. The normalized spacial score (nSPS) is 11.5. The second-order valence-electron chi connectivity index (χ2n) is 7.29. The van der Waals surface area contributed by atoms with E-state index in [0.29, 0.717) is 0 Å². The number of fused-ring (bicyclic) bond motifs is 1. The summed E-state index contributed by atoms with van der Waals surface area (Å²) in [5.41, 5.74) is 2.53. The summed E-state index contributed by atoms with van der Waals surface area (Å²) in [7, 11) is 0. The highest BCUT2D eigenvalue weighted by atomic mass is 16.5. The molecule has 0 aliphatic rings. The molecule has 2 amide bonds. The molecule has 0 spiro atoms. The van der Waals surface area contributed by atoms with Gasteiger partial charge in [0.2, 0.25) is 6.41 Å². The number of carbonyl (C=O) groups is 2. The number of hydrogen-bond donors (Lipinski definition) is 1. The van der Waals surface area contributed by atoms with Gasteiger partial charge in [-0.05, 0) is 34.7 Å². The van der Waals surface area contributed by atoms with E-state index in [-0.39, 0.29) is 13.2 Å². The number of hydrogen-bond acceptors (Lipinski definition) is 4. The lowest BCUT2D eigenvalue weighted by Crippen LogP contribution is -2.37.